The Morgan fingerprint density at radius 2 is 2.00 bits per heavy atom. The highest BCUT2D eigenvalue weighted by Crippen LogP contribution is 2.16. The molecule has 0 fully saturated rings. The molecule has 2 rings (SSSR count). The molecule has 0 aliphatic carbocycles. The minimum atomic E-state index is 0.324. The van der Waals surface area contributed by atoms with Crippen molar-refractivity contribution in [3.63, 3.8) is 0 Å². The fourth-order valence-electron chi connectivity index (χ4n) is 2.29. The summed E-state index contributed by atoms with van der Waals surface area (Å²) in [6.07, 6.45) is 3.85. The Balaban J connectivity index is 1.79. The topological polar surface area (TPSA) is 34.2 Å². The molecule has 1 atom stereocenters. The standard InChI is InChI=1S/C18H24N2O/c1-3-19-15(2)17-11-12-20-18(14-17)21-13-7-10-16-8-5-4-6-9-16/h4-6,8-9,11-12,14-15,19H,3,7,10,13H2,1-2H3. The Kier molecular flexibility index (Phi) is 6.22. The van der Waals surface area contributed by atoms with E-state index in [1.807, 2.05) is 24.4 Å². The molecule has 0 saturated carbocycles. The molecule has 3 nitrogen and oxygen atoms in total. The van der Waals surface area contributed by atoms with Gasteiger partial charge in [-0.05, 0) is 43.5 Å². The first-order valence-corrected chi connectivity index (χ1v) is 7.65. The van der Waals surface area contributed by atoms with Gasteiger partial charge in [0.1, 0.15) is 0 Å². The number of hydrogen-bond donors (Lipinski definition) is 1. The summed E-state index contributed by atoms with van der Waals surface area (Å²) in [6.45, 7) is 5.91. The Morgan fingerprint density at radius 3 is 2.76 bits per heavy atom. The van der Waals surface area contributed by atoms with Crippen LogP contribution >= 0.6 is 0 Å². The Hall–Kier alpha value is -1.87. The quantitative estimate of drug-likeness (QED) is 0.749. The second kappa shape index (κ2) is 8.42. The largest absolute Gasteiger partial charge is 0.478 e. The Bertz CT molecular complexity index is 528. The molecular formula is C18H24N2O. The van der Waals surface area contributed by atoms with Crippen LogP contribution in [0.2, 0.25) is 0 Å². The van der Waals surface area contributed by atoms with E-state index in [-0.39, 0.29) is 0 Å². The van der Waals surface area contributed by atoms with E-state index in [0.717, 1.165) is 19.4 Å². The highest BCUT2D eigenvalue weighted by atomic mass is 16.5. The van der Waals surface area contributed by atoms with Gasteiger partial charge in [0.05, 0.1) is 6.61 Å². The summed E-state index contributed by atoms with van der Waals surface area (Å²) in [5.41, 5.74) is 2.56. The van der Waals surface area contributed by atoms with Gasteiger partial charge in [-0.1, -0.05) is 37.3 Å². The van der Waals surface area contributed by atoms with Gasteiger partial charge in [-0.3, -0.25) is 0 Å². The average molecular weight is 284 g/mol. The molecule has 1 aromatic carbocycles. The molecule has 1 heterocycles. The van der Waals surface area contributed by atoms with E-state index < -0.39 is 0 Å². The lowest BCUT2D eigenvalue weighted by molar-refractivity contribution is 0.298. The van der Waals surface area contributed by atoms with Crippen molar-refractivity contribution in [1.29, 1.82) is 0 Å². The van der Waals surface area contributed by atoms with Gasteiger partial charge < -0.3 is 10.1 Å². The van der Waals surface area contributed by atoms with Crippen LogP contribution < -0.4 is 10.1 Å². The van der Waals surface area contributed by atoms with E-state index in [1.54, 1.807) is 0 Å². The van der Waals surface area contributed by atoms with Gasteiger partial charge in [0.25, 0.3) is 0 Å². The van der Waals surface area contributed by atoms with Crippen LogP contribution in [0.1, 0.15) is 37.4 Å². The van der Waals surface area contributed by atoms with Gasteiger partial charge in [-0.15, -0.1) is 0 Å². The fraction of sp³-hybridized carbons (Fsp3) is 0.389. The third-order valence-electron chi connectivity index (χ3n) is 3.47. The lowest BCUT2D eigenvalue weighted by atomic mass is 10.1. The zero-order chi connectivity index (χ0) is 14.9. The minimum Gasteiger partial charge on any atom is -0.478 e. The third kappa shape index (κ3) is 5.20. The predicted molar refractivity (Wildman–Crippen MR) is 86.6 cm³/mol. The molecule has 0 spiro atoms. The van der Waals surface area contributed by atoms with Crippen molar-refractivity contribution in [2.75, 3.05) is 13.2 Å². The van der Waals surface area contributed by atoms with Crippen LogP contribution in [-0.2, 0) is 6.42 Å². The van der Waals surface area contributed by atoms with E-state index in [2.05, 4.69) is 48.4 Å². The van der Waals surface area contributed by atoms with Crippen molar-refractivity contribution in [1.82, 2.24) is 10.3 Å². The highest BCUT2D eigenvalue weighted by Gasteiger charge is 2.05. The number of pyridine rings is 1. The van der Waals surface area contributed by atoms with Crippen molar-refractivity contribution in [3.05, 3.63) is 59.8 Å². The fourth-order valence-corrected chi connectivity index (χ4v) is 2.29. The summed E-state index contributed by atoms with van der Waals surface area (Å²) in [6, 6.07) is 14.9. The molecule has 0 bridgehead atoms. The van der Waals surface area contributed by atoms with Crippen molar-refractivity contribution < 1.29 is 4.74 Å². The summed E-state index contributed by atoms with van der Waals surface area (Å²) < 4.78 is 5.76. The maximum Gasteiger partial charge on any atom is 0.213 e. The molecule has 1 unspecified atom stereocenters. The molecule has 0 amide bonds. The first-order chi connectivity index (χ1) is 10.3. The molecule has 0 aliphatic heterocycles. The van der Waals surface area contributed by atoms with E-state index >= 15 is 0 Å². The van der Waals surface area contributed by atoms with Crippen molar-refractivity contribution in [2.45, 2.75) is 32.7 Å². The normalized spacial score (nSPS) is 12.1. The van der Waals surface area contributed by atoms with Crippen LogP contribution in [0.25, 0.3) is 0 Å². The molecule has 2 aromatic rings. The third-order valence-corrected chi connectivity index (χ3v) is 3.47. The van der Waals surface area contributed by atoms with Crippen LogP contribution in [0, 0.1) is 0 Å². The van der Waals surface area contributed by atoms with Gasteiger partial charge in [0.2, 0.25) is 5.88 Å². The van der Waals surface area contributed by atoms with Gasteiger partial charge in [0, 0.05) is 18.3 Å². The maximum absolute atomic E-state index is 5.76. The van der Waals surface area contributed by atoms with Crippen molar-refractivity contribution >= 4 is 0 Å². The zero-order valence-electron chi connectivity index (χ0n) is 12.9. The van der Waals surface area contributed by atoms with Gasteiger partial charge in [-0.2, -0.15) is 0 Å². The number of aryl methyl sites for hydroxylation is 1. The lowest BCUT2D eigenvalue weighted by Crippen LogP contribution is -2.17. The van der Waals surface area contributed by atoms with E-state index in [4.69, 9.17) is 4.74 Å². The molecule has 112 valence electrons. The molecule has 1 aromatic heterocycles. The van der Waals surface area contributed by atoms with E-state index in [1.165, 1.54) is 11.1 Å². The minimum absolute atomic E-state index is 0.324. The highest BCUT2D eigenvalue weighted by molar-refractivity contribution is 5.23. The number of aromatic nitrogens is 1. The second-order valence-corrected chi connectivity index (χ2v) is 5.14. The van der Waals surface area contributed by atoms with Gasteiger partial charge >= 0.3 is 0 Å². The number of hydrogen-bond acceptors (Lipinski definition) is 3. The second-order valence-electron chi connectivity index (χ2n) is 5.14. The van der Waals surface area contributed by atoms with Crippen LogP contribution in [0.4, 0.5) is 0 Å². The number of nitrogens with zero attached hydrogens (tertiary/aromatic N) is 1. The summed E-state index contributed by atoms with van der Waals surface area (Å²) in [7, 11) is 0. The van der Waals surface area contributed by atoms with Gasteiger partial charge in [-0.25, -0.2) is 4.98 Å². The number of ether oxygens (including phenoxy) is 1. The summed E-state index contributed by atoms with van der Waals surface area (Å²) in [5.74, 6) is 0.713. The molecule has 1 N–H and O–H groups in total. The number of rotatable bonds is 8. The first-order valence-electron chi connectivity index (χ1n) is 7.65. The van der Waals surface area contributed by atoms with Crippen molar-refractivity contribution in [2.24, 2.45) is 0 Å². The SMILES string of the molecule is CCNC(C)c1ccnc(OCCCc2ccccc2)c1. The maximum atomic E-state index is 5.76. The molecule has 0 aliphatic rings. The molecule has 3 heteroatoms. The lowest BCUT2D eigenvalue weighted by Gasteiger charge is -2.13. The predicted octanol–water partition coefficient (Wildman–Crippen LogP) is 3.76. The van der Waals surface area contributed by atoms with Crippen LogP contribution in [0.3, 0.4) is 0 Å². The zero-order valence-corrected chi connectivity index (χ0v) is 12.9. The summed E-state index contributed by atoms with van der Waals surface area (Å²) in [5, 5.41) is 3.39. The monoisotopic (exact) mass is 284 g/mol. The van der Waals surface area contributed by atoms with E-state index in [0.29, 0.717) is 18.5 Å². The van der Waals surface area contributed by atoms with Crippen molar-refractivity contribution in [3.8, 4) is 5.88 Å². The molecule has 21 heavy (non-hydrogen) atoms. The smallest absolute Gasteiger partial charge is 0.213 e. The van der Waals surface area contributed by atoms with E-state index in [9.17, 15) is 0 Å². The molecular weight excluding hydrogens is 260 g/mol. The molecule has 0 saturated heterocycles. The van der Waals surface area contributed by atoms with Crippen LogP contribution in [0.5, 0.6) is 5.88 Å². The first kappa shape index (κ1) is 15.5. The summed E-state index contributed by atoms with van der Waals surface area (Å²) in [4.78, 5) is 4.28. The summed E-state index contributed by atoms with van der Waals surface area (Å²) >= 11 is 0. The Morgan fingerprint density at radius 1 is 1.19 bits per heavy atom. The van der Waals surface area contributed by atoms with Crippen LogP contribution in [-0.4, -0.2) is 18.1 Å². The number of nitrogens with one attached hydrogen (secondary N) is 1. The average Bonchev–Trinajstić information content (AvgIpc) is 2.53. The van der Waals surface area contributed by atoms with Crippen LogP contribution in [0.15, 0.2) is 48.7 Å². The molecule has 0 radical (unpaired) electrons. The van der Waals surface area contributed by atoms with Gasteiger partial charge in [0.15, 0.2) is 0 Å². The Labute approximate surface area is 127 Å². The number of benzene rings is 1.